The molecule has 0 unspecified atom stereocenters. The zero-order valence-corrected chi connectivity index (χ0v) is 17.2. The van der Waals surface area contributed by atoms with Crippen LogP contribution in [0.4, 0.5) is 5.95 Å². The number of oxime groups is 1. The molecule has 0 saturated carbocycles. The summed E-state index contributed by atoms with van der Waals surface area (Å²) in [6.45, 7) is 3.56. The van der Waals surface area contributed by atoms with Gasteiger partial charge >= 0.3 is 5.97 Å². The summed E-state index contributed by atoms with van der Waals surface area (Å²) < 4.78 is 5.14. The van der Waals surface area contributed by atoms with Crippen molar-refractivity contribution in [3.63, 3.8) is 0 Å². The fraction of sp³-hybridized carbons (Fsp3) is 0.312. The van der Waals surface area contributed by atoms with Crippen molar-refractivity contribution in [3.8, 4) is 5.06 Å². The number of hydrogen-bond donors (Lipinski definition) is 2. The Bertz CT molecular complexity index is 955. The average Bonchev–Trinajstić information content (AvgIpc) is 2.97. The number of carbonyl (C=O) groups is 2. The van der Waals surface area contributed by atoms with Gasteiger partial charge in [-0.3, -0.25) is 14.9 Å². The van der Waals surface area contributed by atoms with E-state index in [0.717, 1.165) is 10.4 Å². The molecule has 2 N–H and O–H groups in total. The molecule has 0 atom stereocenters. The normalized spacial score (nSPS) is 13.9. The Morgan fingerprint density at radius 3 is 2.57 bits per heavy atom. The molecule has 0 saturated heterocycles. The Balaban J connectivity index is 1.88. The number of ether oxygens (including phenoxy) is 1. The predicted octanol–water partition coefficient (Wildman–Crippen LogP) is 2.92. The van der Waals surface area contributed by atoms with Gasteiger partial charge in [-0.15, -0.1) is 11.3 Å². The number of anilines is 1. The second-order valence-corrected chi connectivity index (χ2v) is 7.70. The number of aromatic nitrogens is 2. The molecule has 0 bridgehead atoms. The Labute approximate surface area is 173 Å². The van der Waals surface area contributed by atoms with Crippen molar-refractivity contribution in [2.75, 3.05) is 11.9 Å². The number of halogens is 2. The maximum atomic E-state index is 11.2. The van der Waals surface area contributed by atoms with Gasteiger partial charge in [0, 0.05) is 31.8 Å². The maximum Gasteiger partial charge on any atom is 0.308 e. The highest BCUT2D eigenvalue weighted by atomic mass is 35.5. The van der Waals surface area contributed by atoms with Crippen LogP contribution >= 0.6 is 34.5 Å². The van der Waals surface area contributed by atoms with Crippen molar-refractivity contribution in [1.29, 1.82) is 0 Å². The second-order valence-electron chi connectivity index (χ2n) is 5.89. The Morgan fingerprint density at radius 2 is 2.00 bits per heavy atom. The van der Waals surface area contributed by atoms with Crippen LogP contribution in [0.2, 0.25) is 10.3 Å². The van der Waals surface area contributed by atoms with Gasteiger partial charge in [-0.1, -0.05) is 28.4 Å². The molecule has 1 aliphatic heterocycles. The molecule has 0 fully saturated rings. The summed E-state index contributed by atoms with van der Waals surface area (Å²) in [7, 11) is 0. The maximum absolute atomic E-state index is 11.2. The van der Waals surface area contributed by atoms with Gasteiger partial charge in [0.1, 0.15) is 10.3 Å². The van der Waals surface area contributed by atoms with Crippen LogP contribution in [-0.4, -0.2) is 44.3 Å². The van der Waals surface area contributed by atoms with Crippen LogP contribution in [0.15, 0.2) is 11.2 Å². The Kier molecular flexibility index (Phi) is 6.01. The Morgan fingerprint density at radius 1 is 1.32 bits per heavy atom. The van der Waals surface area contributed by atoms with E-state index in [-0.39, 0.29) is 39.5 Å². The molecule has 1 amide bonds. The summed E-state index contributed by atoms with van der Waals surface area (Å²) in [5, 5.41) is 15.7. The Hall–Kier alpha value is -2.43. The topological polar surface area (TPSA) is 117 Å². The number of hydrogen-bond acceptors (Lipinski definition) is 8. The molecule has 9 nitrogen and oxygen atoms in total. The molecule has 2 aromatic heterocycles. The van der Waals surface area contributed by atoms with Crippen LogP contribution in [0, 0.1) is 0 Å². The molecular formula is C16H15Cl2N5O4S. The first-order valence-corrected chi connectivity index (χ1v) is 9.63. The molecule has 0 spiro atoms. The lowest BCUT2D eigenvalue weighted by Crippen LogP contribution is -2.36. The van der Waals surface area contributed by atoms with Crippen LogP contribution in [0.5, 0.6) is 5.06 Å². The fourth-order valence-electron chi connectivity index (χ4n) is 2.76. The lowest BCUT2D eigenvalue weighted by Gasteiger charge is -2.29. The molecule has 148 valence electrons. The van der Waals surface area contributed by atoms with Crippen molar-refractivity contribution in [2.24, 2.45) is 5.16 Å². The molecule has 2 aromatic rings. The van der Waals surface area contributed by atoms with Gasteiger partial charge in [-0.05, 0) is 18.1 Å². The first-order valence-electron chi connectivity index (χ1n) is 8.06. The van der Waals surface area contributed by atoms with E-state index in [9.17, 15) is 14.8 Å². The van der Waals surface area contributed by atoms with Crippen LogP contribution in [0.25, 0.3) is 0 Å². The number of fused-ring (bicyclic) bond motifs is 1. The first kappa shape index (κ1) is 20.3. The minimum Gasteiger partial charge on any atom is -0.416 e. The van der Waals surface area contributed by atoms with Crippen molar-refractivity contribution >= 4 is 58.2 Å². The monoisotopic (exact) mass is 443 g/mol. The third-order valence-corrected chi connectivity index (χ3v) is 5.48. The smallest absolute Gasteiger partial charge is 0.308 e. The van der Waals surface area contributed by atoms with Gasteiger partial charge in [-0.25, -0.2) is 0 Å². The molecule has 0 aromatic carbocycles. The number of rotatable bonds is 3. The van der Waals surface area contributed by atoms with Crippen molar-refractivity contribution < 1.29 is 19.5 Å². The SMILES string of the molecule is CC(=O)Nc1nc(Cl)c(/C(=N\O)N2CCc3sc(OC(C)=O)cc3C2)c(Cl)n1. The van der Waals surface area contributed by atoms with Crippen molar-refractivity contribution in [1.82, 2.24) is 14.9 Å². The van der Waals surface area contributed by atoms with Gasteiger partial charge in [0.2, 0.25) is 11.9 Å². The number of amides is 1. The van der Waals surface area contributed by atoms with Gasteiger partial charge in [0.05, 0.1) is 5.56 Å². The van der Waals surface area contributed by atoms with Crippen LogP contribution in [0.3, 0.4) is 0 Å². The molecular weight excluding hydrogens is 429 g/mol. The third kappa shape index (κ3) is 4.34. The van der Waals surface area contributed by atoms with Crippen molar-refractivity contribution in [2.45, 2.75) is 26.8 Å². The largest absolute Gasteiger partial charge is 0.416 e. The fourth-order valence-corrected chi connectivity index (χ4v) is 4.36. The number of esters is 1. The number of nitrogens with one attached hydrogen (secondary N) is 1. The zero-order chi connectivity index (χ0) is 20.4. The highest BCUT2D eigenvalue weighted by molar-refractivity contribution is 7.14. The van der Waals surface area contributed by atoms with E-state index in [4.69, 9.17) is 27.9 Å². The van der Waals surface area contributed by atoms with E-state index >= 15 is 0 Å². The van der Waals surface area contributed by atoms with E-state index in [0.29, 0.717) is 24.6 Å². The lowest BCUT2D eigenvalue weighted by molar-refractivity contribution is -0.131. The van der Waals surface area contributed by atoms with Gasteiger partial charge in [-0.2, -0.15) is 9.97 Å². The molecule has 0 aliphatic carbocycles. The van der Waals surface area contributed by atoms with E-state index in [1.54, 1.807) is 11.0 Å². The van der Waals surface area contributed by atoms with E-state index in [2.05, 4.69) is 20.4 Å². The van der Waals surface area contributed by atoms with Crippen LogP contribution in [0.1, 0.15) is 29.9 Å². The average molecular weight is 444 g/mol. The van der Waals surface area contributed by atoms with Gasteiger partial charge in [0.25, 0.3) is 0 Å². The number of nitrogens with zero attached hydrogens (tertiary/aromatic N) is 4. The standard InChI is InChI=1S/C16H15Cl2N5O4S/c1-7(24)19-16-20-13(17)12(14(18)21-16)15(22-26)23-4-3-10-9(6-23)5-11(28-10)27-8(2)25/h5,26H,3-4,6H2,1-2H3,(H,19,20,21,24)/b22-15+. The molecule has 1 aliphatic rings. The summed E-state index contributed by atoms with van der Waals surface area (Å²) in [6, 6.07) is 1.78. The number of amidine groups is 1. The second kappa shape index (κ2) is 8.29. The van der Waals surface area contributed by atoms with Crippen LogP contribution in [-0.2, 0) is 22.6 Å². The highest BCUT2D eigenvalue weighted by Gasteiger charge is 2.28. The van der Waals surface area contributed by atoms with Crippen molar-refractivity contribution in [3.05, 3.63) is 32.4 Å². The molecule has 12 heteroatoms. The van der Waals surface area contributed by atoms with E-state index in [1.165, 1.54) is 25.2 Å². The molecule has 0 radical (unpaired) electrons. The van der Waals surface area contributed by atoms with Gasteiger partial charge in [0.15, 0.2) is 10.9 Å². The minimum atomic E-state index is -0.386. The first-order chi connectivity index (χ1) is 13.3. The van der Waals surface area contributed by atoms with E-state index in [1.807, 2.05) is 0 Å². The summed E-state index contributed by atoms with van der Waals surface area (Å²) in [6.07, 6.45) is 0.653. The molecule has 28 heavy (non-hydrogen) atoms. The summed E-state index contributed by atoms with van der Waals surface area (Å²) in [5.41, 5.74) is 1.09. The molecule has 3 heterocycles. The van der Waals surface area contributed by atoms with E-state index < -0.39 is 0 Å². The van der Waals surface area contributed by atoms with Gasteiger partial charge < -0.3 is 14.8 Å². The summed E-state index contributed by atoms with van der Waals surface area (Å²) >= 11 is 13.8. The lowest BCUT2D eigenvalue weighted by atomic mass is 10.1. The predicted molar refractivity (Wildman–Crippen MR) is 104 cm³/mol. The number of thiophene rings is 1. The highest BCUT2D eigenvalue weighted by Crippen LogP contribution is 2.35. The number of carbonyl (C=O) groups excluding carboxylic acids is 2. The summed E-state index contributed by atoms with van der Waals surface area (Å²) in [5.74, 6) is -0.702. The van der Waals surface area contributed by atoms with Crippen LogP contribution < -0.4 is 10.1 Å². The quantitative estimate of drug-likeness (QED) is 0.187. The minimum absolute atomic E-state index is 0.0478. The summed E-state index contributed by atoms with van der Waals surface area (Å²) in [4.78, 5) is 33.1. The molecule has 3 rings (SSSR count). The zero-order valence-electron chi connectivity index (χ0n) is 14.8. The third-order valence-electron chi connectivity index (χ3n) is 3.81.